The number of anilines is 1. The van der Waals surface area contributed by atoms with E-state index in [4.69, 9.17) is 13.9 Å². The van der Waals surface area contributed by atoms with Crippen molar-refractivity contribution >= 4 is 11.7 Å². The van der Waals surface area contributed by atoms with Crippen molar-refractivity contribution in [2.75, 3.05) is 32.2 Å². The molecule has 2 aromatic rings. The van der Waals surface area contributed by atoms with Crippen LogP contribution < -0.4 is 5.32 Å². The lowest BCUT2D eigenvalue weighted by atomic mass is 10.2. The van der Waals surface area contributed by atoms with E-state index in [1.807, 2.05) is 12.1 Å². The Bertz CT molecular complexity index is 644. The van der Waals surface area contributed by atoms with Crippen LogP contribution in [-0.4, -0.2) is 42.8 Å². The predicted octanol–water partition coefficient (Wildman–Crippen LogP) is 2.43. The maximum Gasteiger partial charge on any atom is 0.322 e. The fourth-order valence-corrected chi connectivity index (χ4v) is 2.51. The van der Waals surface area contributed by atoms with E-state index >= 15 is 0 Å². The minimum Gasteiger partial charge on any atom is -0.461 e. The average molecular weight is 317 g/mol. The first kappa shape index (κ1) is 15.5. The quantitative estimate of drug-likeness (QED) is 0.937. The highest BCUT2D eigenvalue weighted by Gasteiger charge is 2.31. The second-order valence-corrected chi connectivity index (χ2v) is 5.19. The molecule has 122 valence electrons. The number of urea groups is 1. The summed E-state index contributed by atoms with van der Waals surface area (Å²) in [6, 6.07) is 6.77. The number of pyridine rings is 1. The van der Waals surface area contributed by atoms with Crippen molar-refractivity contribution < 1.29 is 18.7 Å². The molecule has 0 aromatic carbocycles. The van der Waals surface area contributed by atoms with Crippen molar-refractivity contribution in [3.63, 3.8) is 0 Å². The molecule has 1 N–H and O–H groups in total. The van der Waals surface area contributed by atoms with Crippen molar-refractivity contribution in [2.45, 2.75) is 12.6 Å². The third-order valence-electron chi connectivity index (χ3n) is 3.62. The van der Waals surface area contributed by atoms with Gasteiger partial charge in [-0.2, -0.15) is 0 Å². The van der Waals surface area contributed by atoms with Gasteiger partial charge in [-0.25, -0.2) is 4.79 Å². The van der Waals surface area contributed by atoms with Crippen molar-refractivity contribution in [2.24, 2.45) is 0 Å². The van der Waals surface area contributed by atoms with E-state index in [0.717, 1.165) is 5.76 Å². The summed E-state index contributed by atoms with van der Waals surface area (Å²) in [5, 5.41) is 2.87. The minimum atomic E-state index is -0.254. The van der Waals surface area contributed by atoms with Gasteiger partial charge in [-0.15, -0.1) is 0 Å². The molecule has 7 heteroatoms. The minimum absolute atomic E-state index is 0.186. The number of methoxy groups -OCH3 is 1. The number of carbonyl (C=O) groups is 1. The maximum absolute atomic E-state index is 12.6. The molecule has 0 aliphatic carbocycles. The smallest absolute Gasteiger partial charge is 0.322 e. The number of morpholine rings is 1. The van der Waals surface area contributed by atoms with E-state index in [2.05, 4.69) is 10.3 Å². The molecular formula is C16H19N3O4. The van der Waals surface area contributed by atoms with Gasteiger partial charge in [0.2, 0.25) is 0 Å². The lowest BCUT2D eigenvalue weighted by Gasteiger charge is -2.34. The van der Waals surface area contributed by atoms with Crippen molar-refractivity contribution in [1.29, 1.82) is 0 Å². The van der Waals surface area contributed by atoms with Crippen LogP contribution in [0.5, 0.6) is 0 Å². The number of nitrogens with one attached hydrogen (secondary N) is 1. The lowest BCUT2D eigenvalue weighted by molar-refractivity contribution is 0.00636. The molecule has 2 aromatic heterocycles. The Labute approximate surface area is 134 Å². The summed E-state index contributed by atoms with van der Waals surface area (Å²) in [5.41, 5.74) is 0.703. The van der Waals surface area contributed by atoms with Gasteiger partial charge in [-0.3, -0.25) is 4.98 Å². The molecular weight excluding hydrogens is 298 g/mol. The summed E-state index contributed by atoms with van der Waals surface area (Å²) in [4.78, 5) is 18.2. The van der Waals surface area contributed by atoms with E-state index in [1.165, 1.54) is 0 Å². The number of carbonyl (C=O) groups excluding carboxylic acids is 1. The van der Waals surface area contributed by atoms with Gasteiger partial charge in [0, 0.05) is 31.7 Å². The summed E-state index contributed by atoms with van der Waals surface area (Å²) in [6.45, 7) is 1.81. The first-order chi connectivity index (χ1) is 11.3. The van der Waals surface area contributed by atoms with Crippen molar-refractivity contribution in [1.82, 2.24) is 9.88 Å². The molecule has 0 bridgehead atoms. The van der Waals surface area contributed by atoms with Crippen LogP contribution in [0.4, 0.5) is 10.5 Å². The standard InChI is InChI=1S/C16H19N3O4/c1-21-10-13-2-3-15(23-13)14-11-22-9-8-19(14)16(20)18-12-4-6-17-7-5-12/h2-7,14H,8-11H2,1H3,(H,17,18,20). The topological polar surface area (TPSA) is 76.8 Å². The van der Waals surface area contributed by atoms with Crippen LogP contribution in [-0.2, 0) is 16.1 Å². The van der Waals surface area contributed by atoms with Crippen LogP contribution in [0.3, 0.4) is 0 Å². The summed E-state index contributed by atoms with van der Waals surface area (Å²) in [7, 11) is 1.61. The molecule has 0 radical (unpaired) electrons. The molecule has 0 saturated carbocycles. The van der Waals surface area contributed by atoms with Crippen LogP contribution in [0, 0.1) is 0 Å². The van der Waals surface area contributed by atoms with Crippen LogP contribution in [0.2, 0.25) is 0 Å². The van der Waals surface area contributed by atoms with Gasteiger partial charge in [0.05, 0.1) is 13.2 Å². The Hall–Kier alpha value is -2.38. The molecule has 1 aliphatic rings. The van der Waals surface area contributed by atoms with E-state index in [9.17, 15) is 4.79 Å². The maximum atomic E-state index is 12.6. The normalized spacial score (nSPS) is 18.0. The van der Waals surface area contributed by atoms with Crippen LogP contribution in [0.1, 0.15) is 17.6 Å². The van der Waals surface area contributed by atoms with Gasteiger partial charge in [-0.1, -0.05) is 0 Å². The van der Waals surface area contributed by atoms with Gasteiger partial charge in [0.25, 0.3) is 0 Å². The Balaban J connectivity index is 1.73. The first-order valence-electron chi connectivity index (χ1n) is 7.41. The monoisotopic (exact) mass is 317 g/mol. The fraction of sp³-hybridized carbons (Fsp3) is 0.375. The Kier molecular flexibility index (Phi) is 4.89. The summed E-state index contributed by atoms with van der Waals surface area (Å²) >= 11 is 0. The molecule has 2 amide bonds. The highest BCUT2D eigenvalue weighted by molar-refractivity contribution is 5.89. The zero-order valence-electron chi connectivity index (χ0n) is 12.9. The molecule has 23 heavy (non-hydrogen) atoms. The van der Waals surface area contributed by atoms with Gasteiger partial charge < -0.3 is 24.1 Å². The van der Waals surface area contributed by atoms with E-state index in [-0.39, 0.29) is 12.1 Å². The largest absolute Gasteiger partial charge is 0.461 e. The number of aromatic nitrogens is 1. The van der Waals surface area contributed by atoms with Crippen LogP contribution >= 0.6 is 0 Å². The zero-order chi connectivity index (χ0) is 16.1. The van der Waals surface area contributed by atoms with E-state index in [0.29, 0.717) is 37.8 Å². The second-order valence-electron chi connectivity index (χ2n) is 5.19. The molecule has 1 fully saturated rings. The van der Waals surface area contributed by atoms with Crippen LogP contribution in [0.15, 0.2) is 41.1 Å². The number of furan rings is 1. The predicted molar refractivity (Wildman–Crippen MR) is 82.9 cm³/mol. The average Bonchev–Trinajstić information content (AvgIpc) is 3.05. The number of hydrogen-bond donors (Lipinski definition) is 1. The van der Waals surface area contributed by atoms with Crippen molar-refractivity contribution in [3.8, 4) is 0 Å². The van der Waals surface area contributed by atoms with Crippen LogP contribution in [0.25, 0.3) is 0 Å². The molecule has 3 rings (SSSR count). The zero-order valence-corrected chi connectivity index (χ0v) is 12.9. The van der Waals surface area contributed by atoms with Gasteiger partial charge >= 0.3 is 6.03 Å². The number of rotatable bonds is 4. The number of nitrogens with zero attached hydrogens (tertiary/aromatic N) is 2. The molecule has 1 saturated heterocycles. The Morgan fingerprint density at radius 2 is 2.22 bits per heavy atom. The number of hydrogen-bond acceptors (Lipinski definition) is 5. The lowest BCUT2D eigenvalue weighted by Crippen LogP contribution is -2.45. The summed E-state index contributed by atoms with van der Waals surface area (Å²) < 4.78 is 16.3. The molecule has 1 unspecified atom stereocenters. The van der Waals surface area contributed by atoms with Gasteiger partial charge in [-0.05, 0) is 24.3 Å². The molecule has 1 aliphatic heterocycles. The third-order valence-corrected chi connectivity index (χ3v) is 3.62. The van der Waals surface area contributed by atoms with E-state index in [1.54, 1.807) is 36.5 Å². The highest BCUT2D eigenvalue weighted by Crippen LogP contribution is 2.27. The highest BCUT2D eigenvalue weighted by atomic mass is 16.5. The molecule has 3 heterocycles. The summed E-state index contributed by atoms with van der Waals surface area (Å²) in [6.07, 6.45) is 3.27. The second kappa shape index (κ2) is 7.26. The molecule has 0 spiro atoms. The number of amides is 2. The number of ether oxygens (including phenoxy) is 2. The first-order valence-corrected chi connectivity index (χ1v) is 7.41. The van der Waals surface area contributed by atoms with E-state index < -0.39 is 0 Å². The van der Waals surface area contributed by atoms with Crippen molar-refractivity contribution in [3.05, 3.63) is 48.2 Å². The Morgan fingerprint density at radius 3 is 3.00 bits per heavy atom. The van der Waals surface area contributed by atoms with Gasteiger partial charge in [0.1, 0.15) is 24.2 Å². The fourth-order valence-electron chi connectivity index (χ4n) is 2.51. The molecule has 1 atom stereocenters. The SMILES string of the molecule is COCc1ccc(C2COCCN2C(=O)Nc2ccncc2)o1. The summed E-state index contributed by atoms with van der Waals surface area (Å²) in [5.74, 6) is 1.42. The third kappa shape index (κ3) is 3.69. The molecule has 7 nitrogen and oxygen atoms in total. The van der Waals surface area contributed by atoms with Gasteiger partial charge in [0.15, 0.2) is 0 Å². The Morgan fingerprint density at radius 1 is 1.39 bits per heavy atom.